The van der Waals surface area contributed by atoms with E-state index in [1.165, 1.54) is 44.2 Å². The molecule has 1 aromatic rings. The fraction of sp³-hybridized carbons (Fsp3) is 0.647. The van der Waals surface area contributed by atoms with Gasteiger partial charge in [-0.2, -0.15) is 0 Å². The van der Waals surface area contributed by atoms with Crippen LogP contribution in [0.15, 0.2) is 23.1 Å². The second-order valence-corrected chi connectivity index (χ2v) is 8.78. The zero-order valence-corrected chi connectivity index (χ0v) is 15.7. The van der Waals surface area contributed by atoms with Gasteiger partial charge in [-0.15, -0.1) is 0 Å². The molecule has 0 unspecified atom stereocenters. The summed E-state index contributed by atoms with van der Waals surface area (Å²) >= 11 is 0. The zero-order chi connectivity index (χ0) is 18.7. The van der Waals surface area contributed by atoms with Crippen LogP contribution in [0.5, 0.6) is 0 Å². The van der Waals surface area contributed by atoms with Crippen molar-refractivity contribution in [1.82, 2.24) is 4.90 Å². The summed E-state index contributed by atoms with van der Waals surface area (Å²) in [4.78, 5) is 14.6. The van der Waals surface area contributed by atoms with Crippen molar-refractivity contribution < 1.29 is 13.3 Å². The zero-order valence-electron chi connectivity index (χ0n) is 14.8. The first-order valence-electron chi connectivity index (χ1n) is 9.13. The predicted molar refractivity (Wildman–Crippen MR) is 99.7 cm³/mol. The van der Waals surface area contributed by atoms with Gasteiger partial charge in [0.25, 0.3) is 5.69 Å². The second-order valence-electron chi connectivity index (χ2n) is 7.25. The van der Waals surface area contributed by atoms with Gasteiger partial charge in [-0.3, -0.25) is 15.0 Å². The molecular weight excluding hydrogens is 356 g/mol. The number of benzene rings is 1. The van der Waals surface area contributed by atoms with Crippen molar-refractivity contribution in [2.75, 3.05) is 37.6 Å². The molecule has 0 atom stereocenters. The molecular formula is C17H26N4O4S. The summed E-state index contributed by atoms with van der Waals surface area (Å²) in [6.07, 6.45) is 6.60. The minimum Gasteiger partial charge on any atom is -0.368 e. The number of nitro benzene ring substituents is 1. The number of hydrogen-bond donors (Lipinski definition) is 1. The van der Waals surface area contributed by atoms with Gasteiger partial charge in [0, 0.05) is 44.9 Å². The van der Waals surface area contributed by atoms with Crippen LogP contribution in [-0.2, 0) is 10.0 Å². The van der Waals surface area contributed by atoms with Gasteiger partial charge in [0.05, 0.1) is 10.6 Å². The largest absolute Gasteiger partial charge is 0.368 e. The van der Waals surface area contributed by atoms with Gasteiger partial charge in [0.1, 0.15) is 4.90 Å². The lowest BCUT2D eigenvalue weighted by molar-refractivity contribution is -0.385. The molecule has 2 aliphatic rings. The van der Waals surface area contributed by atoms with Crippen molar-refractivity contribution in [2.45, 2.75) is 37.0 Å². The first-order valence-corrected chi connectivity index (χ1v) is 10.7. The normalized spacial score (nSPS) is 20.3. The first-order chi connectivity index (χ1) is 12.3. The van der Waals surface area contributed by atoms with E-state index in [1.807, 2.05) is 4.90 Å². The number of non-ortho nitro benzene ring substituents is 1. The van der Waals surface area contributed by atoms with Crippen LogP contribution in [0, 0.1) is 16.0 Å². The molecule has 1 aliphatic carbocycles. The molecule has 1 heterocycles. The van der Waals surface area contributed by atoms with Crippen LogP contribution in [-0.4, -0.2) is 51.0 Å². The lowest BCUT2D eigenvalue weighted by atomic mass is 9.89. The summed E-state index contributed by atoms with van der Waals surface area (Å²) < 4.78 is 23.8. The van der Waals surface area contributed by atoms with Crippen LogP contribution in [0.4, 0.5) is 11.4 Å². The molecule has 2 fully saturated rings. The highest BCUT2D eigenvalue weighted by atomic mass is 32.2. The van der Waals surface area contributed by atoms with Crippen LogP contribution in [0.3, 0.4) is 0 Å². The number of nitrogens with two attached hydrogens (primary N) is 1. The summed E-state index contributed by atoms with van der Waals surface area (Å²) in [7, 11) is -4.03. The van der Waals surface area contributed by atoms with E-state index in [2.05, 4.69) is 4.90 Å². The van der Waals surface area contributed by atoms with Crippen LogP contribution in [0.1, 0.15) is 32.1 Å². The molecule has 2 N–H and O–H groups in total. The fourth-order valence-electron chi connectivity index (χ4n) is 4.01. The van der Waals surface area contributed by atoms with Crippen LogP contribution < -0.4 is 10.0 Å². The summed E-state index contributed by atoms with van der Waals surface area (Å²) in [5.74, 6) is 0.773. The van der Waals surface area contributed by atoms with Crippen molar-refractivity contribution in [2.24, 2.45) is 11.1 Å². The maximum atomic E-state index is 11.9. The molecule has 0 spiro atoms. The fourth-order valence-corrected chi connectivity index (χ4v) is 4.79. The van der Waals surface area contributed by atoms with Crippen molar-refractivity contribution in [1.29, 1.82) is 0 Å². The van der Waals surface area contributed by atoms with Gasteiger partial charge in [0.2, 0.25) is 10.0 Å². The molecule has 0 amide bonds. The number of sulfonamides is 1. The van der Waals surface area contributed by atoms with E-state index in [1.54, 1.807) is 0 Å². The predicted octanol–water partition coefficient (Wildman–Crippen LogP) is 1.94. The molecule has 1 aromatic carbocycles. The molecule has 1 saturated heterocycles. The summed E-state index contributed by atoms with van der Waals surface area (Å²) in [6, 6.07) is 3.88. The van der Waals surface area contributed by atoms with Crippen LogP contribution in [0.2, 0.25) is 0 Å². The molecule has 0 radical (unpaired) electrons. The van der Waals surface area contributed by atoms with Gasteiger partial charge in [-0.1, -0.05) is 19.3 Å². The lowest BCUT2D eigenvalue weighted by Gasteiger charge is -2.38. The molecule has 144 valence electrons. The number of nitro groups is 1. The number of primary sulfonamides is 1. The van der Waals surface area contributed by atoms with Gasteiger partial charge >= 0.3 is 0 Å². The Morgan fingerprint density at radius 2 is 1.77 bits per heavy atom. The SMILES string of the molecule is NS(=O)(=O)c1cc([N+](=O)[O-])ccc1N1CCN(CC2CCCCC2)CC1. The Bertz CT molecular complexity index is 754. The third kappa shape index (κ3) is 4.52. The molecule has 1 aliphatic heterocycles. The van der Waals surface area contributed by atoms with Gasteiger partial charge in [-0.25, -0.2) is 13.6 Å². The average Bonchev–Trinajstić information content (AvgIpc) is 2.62. The molecule has 8 nitrogen and oxygen atoms in total. The van der Waals surface area contributed by atoms with Gasteiger partial charge in [-0.05, 0) is 24.8 Å². The third-order valence-electron chi connectivity index (χ3n) is 5.41. The monoisotopic (exact) mass is 382 g/mol. The molecule has 9 heteroatoms. The Morgan fingerprint density at radius 3 is 2.35 bits per heavy atom. The van der Waals surface area contributed by atoms with E-state index in [0.717, 1.165) is 31.6 Å². The topological polar surface area (TPSA) is 110 Å². The van der Waals surface area contributed by atoms with Crippen molar-refractivity contribution >= 4 is 21.4 Å². The maximum absolute atomic E-state index is 11.9. The van der Waals surface area contributed by atoms with Crippen LogP contribution in [0.25, 0.3) is 0 Å². The number of nitrogens with zero attached hydrogens (tertiary/aromatic N) is 3. The minimum atomic E-state index is -4.03. The molecule has 26 heavy (non-hydrogen) atoms. The summed E-state index contributed by atoms with van der Waals surface area (Å²) in [5.41, 5.74) is 0.184. The summed E-state index contributed by atoms with van der Waals surface area (Å²) in [6.45, 7) is 4.20. The second kappa shape index (κ2) is 7.89. The lowest BCUT2D eigenvalue weighted by Crippen LogP contribution is -2.48. The highest BCUT2D eigenvalue weighted by Gasteiger charge is 2.26. The van der Waals surface area contributed by atoms with E-state index < -0.39 is 14.9 Å². The Hall–Kier alpha value is -1.71. The molecule has 0 bridgehead atoms. The van der Waals surface area contributed by atoms with E-state index in [-0.39, 0.29) is 10.6 Å². The number of rotatable bonds is 5. The van der Waals surface area contributed by atoms with E-state index in [9.17, 15) is 18.5 Å². The van der Waals surface area contributed by atoms with Crippen molar-refractivity contribution in [3.63, 3.8) is 0 Å². The molecule has 1 saturated carbocycles. The van der Waals surface area contributed by atoms with E-state index in [0.29, 0.717) is 18.8 Å². The average molecular weight is 382 g/mol. The quantitative estimate of drug-likeness (QED) is 0.616. The highest BCUT2D eigenvalue weighted by Crippen LogP contribution is 2.30. The first kappa shape index (κ1) is 19.1. The molecule has 0 aromatic heterocycles. The van der Waals surface area contributed by atoms with Crippen molar-refractivity contribution in [3.8, 4) is 0 Å². The third-order valence-corrected chi connectivity index (χ3v) is 6.35. The minimum absolute atomic E-state index is 0.174. The van der Waals surface area contributed by atoms with E-state index in [4.69, 9.17) is 5.14 Å². The maximum Gasteiger partial charge on any atom is 0.270 e. The van der Waals surface area contributed by atoms with E-state index >= 15 is 0 Å². The van der Waals surface area contributed by atoms with Crippen LogP contribution >= 0.6 is 0 Å². The number of anilines is 1. The standard InChI is InChI=1S/C17H26N4O4S/c18-26(24,25)17-12-15(21(22)23)6-7-16(17)20-10-8-19(9-11-20)13-14-4-2-1-3-5-14/h6-7,12,14H,1-5,8-11,13H2,(H2,18,24,25). The van der Waals surface area contributed by atoms with Gasteiger partial charge in [0.15, 0.2) is 0 Å². The Morgan fingerprint density at radius 1 is 1.12 bits per heavy atom. The van der Waals surface area contributed by atoms with Gasteiger partial charge < -0.3 is 4.90 Å². The Labute approximate surface area is 154 Å². The molecule has 3 rings (SSSR count). The Kier molecular flexibility index (Phi) is 5.79. The smallest absolute Gasteiger partial charge is 0.270 e. The van der Waals surface area contributed by atoms with Crippen molar-refractivity contribution in [3.05, 3.63) is 28.3 Å². The number of piperazine rings is 1. The Balaban J connectivity index is 1.69. The number of hydrogen-bond acceptors (Lipinski definition) is 6. The summed E-state index contributed by atoms with van der Waals surface area (Å²) in [5, 5.41) is 16.2. The highest BCUT2D eigenvalue weighted by molar-refractivity contribution is 7.89.